The van der Waals surface area contributed by atoms with Gasteiger partial charge < -0.3 is 19.3 Å². The summed E-state index contributed by atoms with van der Waals surface area (Å²) in [4.78, 5) is 27.6. The minimum Gasteiger partial charge on any atom is -0.503 e. The molecule has 1 atom stereocenters. The van der Waals surface area contributed by atoms with Gasteiger partial charge in [0.2, 0.25) is 5.43 Å². The van der Waals surface area contributed by atoms with Crippen LogP contribution in [0.15, 0.2) is 35.3 Å². The van der Waals surface area contributed by atoms with E-state index in [1.807, 2.05) is 13.8 Å². The Morgan fingerprint density at radius 3 is 2.62 bits per heavy atom. The quantitative estimate of drug-likeness (QED) is 0.610. The third-order valence-corrected chi connectivity index (χ3v) is 6.38. The van der Waals surface area contributed by atoms with Crippen molar-refractivity contribution in [3.63, 3.8) is 0 Å². The standard InChI is InChI=1S/C22H23FN4O4S/c1-12(2)26-9-15(11-31-3)27-10-16(19(28)20(29)18(27)22(26)30)21-25-24-17(32-21)8-13-4-6-14(23)7-5-13/h4-7,10,12,15,29H,8-9,11H2,1-3H3. The molecule has 3 aromatic rings. The molecule has 0 fully saturated rings. The van der Waals surface area contributed by atoms with Gasteiger partial charge in [0.05, 0.1) is 18.2 Å². The zero-order valence-corrected chi connectivity index (χ0v) is 18.7. The molecule has 1 amide bonds. The van der Waals surface area contributed by atoms with E-state index in [0.717, 1.165) is 5.56 Å². The van der Waals surface area contributed by atoms with Crippen LogP contribution in [-0.2, 0) is 11.2 Å². The van der Waals surface area contributed by atoms with E-state index in [2.05, 4.69) is 10.2 Å². The molecule has 1 aliphatic rings. The fourth-order valence-corrected chi connectivity index (χ4v) is 4.67. The number of nitrogens with zero attached hydrogens (tertiary/aromatic N) is 4. The molecule has 3 heterocycles. The van der Waals surface area contributed by atoms with Gasteiger partial charge in [0.25, 0.3) is 5.91 Å². The first-order valence-corrected chi connectivity index (χ1v) is 11.0. The van der Waals surface area contributed by atoms with E-state index < -0.39 is 17.1 Å². The fraction of sp³-hybridized carbons (Fsp3) is 0.364. The van der Waals surface area contributed by atoms with Gasteiger partial charge in [-0.3, -0.25) is 9.59 Å². The maximum absolute atomic E-state index is 13.1. The monoisotopic (exact) mass is 458 g/mol. The summed E-state index contributed by atoms with van der Waals surface area (Å²) >= 11 is 1.21. The predicted octanol–water partition coefficient (Wildman–Crippen LogP) is 2.85. The number of aromatic nitrogens is 3. The van der Waals surface area contributed by atoms with Crippen molar-refractivity contribution in [2.24, 2.45) is 0 Å². The molecule has 4 rings (SSSR count). The molecule has 32 heavy (non-hydrogen) atoms. The summed E-state index contributed by atoms with van der Waals surface area (Å²) in [7, 11) is 1.56. The van der Waals surface area contributed by atoms with Crippen molar-refractivity contribution in [1.82, 2.24) is 19.7 Å². The minimum absolute atomic E-state index is 0.0446. The van der Waals surface area contributed by atoms with Crippen LogP contribution in [0.3, 0.4) is 0 Å². The summed E-state index contributed by atoms with van der Waals surface area (Å²) in [5.41, 5.74) is 0.312. The van der Waals surface area contributed by atoms with Crippen molar-refractivity contribution < 1.29 is 19.0 Å². The lowest BCUT2D eigenvalue weighted by Crippen LogP contribution is -2.48. The highest BCUT2D eigenvalue weighted by atomic mass is 32.1. The highest BCUT2D eigenvalue weighted by molar-refractivity contribution is 7.14. The lowest BCUT2D eigenvalue weighted by Gasteiger charge is -2.38. The minimum atomic E-state index is -0.671. The van der Waals surface area contributed by atoms with Crippen LogP contribution in [0.4, 0.5) is 4.39 Å². The third-order valence-electron chi connectivity index (χ3n) is 5.42. The van der Waals surface area contributed by atoms with Crippen molar-refractivity contribution in [3.8, 4) is 16.3 Å². The fourth-order valence-electron chi connectivity index (χ4n) is 3.79. The molecule has 1 unspecified atom stereocenters. The van der Waals surface area contributed by atoms with Crippen molar-refractivity contribution in [1.29, 1.82) is 0 Å². The number of fused-ring (bicyclic) bond motifs is 1. The Labute approximate surface area is 187 Å². The van der Waals surface area contributed by atoms with Gasteiger partial charge >= 0.3 is 0 Å². The first-order chi connectivity index (χ1) is 15.3. The van der Waals surface area contributed by atoms with Crippen LogP contribution in [-0.4, -0.2) is 57.0 Å². The summed E-state index contributed by atoms with van der Waals surface area (Å²) in [6, 6.07) is 5.71. The Morgan fingerprint density at radius 1 is 1.25 bits per heavy atom. The second-order valence-electron chi connectivity index (χ2n) is 7.94. The first-order valence-electron chi connectivity index (χ1n) is 10.1. The normalized spacial score (nSPS) is 16.0. The maximum Gasteiger partial charge on any atom is 0.274 e. The molecule has 0 saturated heterocycles. The van der Waals surface area contributed by atoms with E-state index in [-0.39, 0.29) is 29.2 Å². The average molecular weight is 459 g/mol. The number of carbonyl (C=O) groups excluding carboxylic acids is 1. The zero-order chi connectivity index (χ0) is 23.0. The van der Waals surface area contributed by atoms with Crippen molar-refractivity contribution in [2.45, 2.75) is 32.4 Å². The largest absolute Gasteiger partial charge is 0.503 e. The lowest BCUT2D eigenvalue weighted by molar-refractivity contribution is 0.0511. The van der Waals surface area contributed by atoms with Gasteiger partial charge in [0.1, 0.15) is 10.8 Å². The molecular weight excluding hydrogens is 435 g/mol. The Kier molecular flexibility index (Phi) is 6.07. The van der Waals surface area contributed by atoms with Crippen LogP contribution in [0.5, 0.6) is 5.75 Å². The second-order valence-corrected chi connectivity index (χ2v) is 9.00. The van der Waals surface area contributed by atoms with Gasteiger partial charge in [-0.1, -0.05) is 23.5 Å². The number of methoxy groups -OCH3 is 1. The van der Waals surface area contributed by atoms with Crippen LogP contribution in [0.25, 0.3) is 10.6 Å². The molecule has 1 aliphatic heterocycles. The van der Waals surface area contributed by atoms with E-state index >= 15 is 0 Å². The first kappa shape index (κ1) is 22.1. The van der Waals surface area contributed by atoms with Crippen molar-refractivity contribution in [2.75, 3.05) is 20.3 Å². The third kappa shape index (κ3) is 4.03. The average Bonchev–Trinajstić information content (AvgIpc) is 3.21. The number of amides is 1. The molecule has 10 heteroatoms. The van der Waals surface area contributed by atoms with E-state index in [1.165, 1.54) is 23.5 Å². The Balaban J connectivity index is 1.74. The van der Waals surface area contributed by atoms with E-state index in [4.69, 9.17) is 4.74 Å². The van der Waals surface area contributed by atoms with Gasteiger partial charge in [-0.25, -0.2) is 4.39 Å². The maximum atomic E-state index is 13.1. The van der Waals surface area contributed by atoms with Gasteiger partial charge in [-0.2, -0.15) is 0 Å². The van der Waals surface area contributed by atoms with Gasteiger partial charge in [0, 0.05) is 32.3 Å². The smallest absolute Gasteiger partial charge is 0.274 e. The topological polar surface area (TPSA) is 97.6 Å². The lowest BCUT2D eigenvalue weighted by atomic mass is 10.1. The summed E-state index contributed by atoms with van der Waals surface area (Å²) < 4.78 is 20.1. The molecule has 0 bridgehead atoms. The summed E-state index contributed by atoms with van der Waals surface area (Å²) in [6.45, 7) is 4.46. The van der Waals surface area contributed by atoms with Crippen molar-refractivity contribution in [3.05, 3.63) is 62.8 Å². The highest BCUT2D eigenvalue weighted by Gasteiger charge is 2.36. The Bertz CT molecular complexity index is 1210. The molecule has 1 aromatic carbocycles. The summed E-state index contributed by atoms with van der Waals surface area (Å²) in [5.74, 6) is -1.32. The number of ether oxygens (including phenoxy) is 1. The van der Waals surface area contributed by atoms with Crippen LogP contribution >= 0.6 is 11.3 Å². The zero-order valence-electron chi connectivity index (χ0n) is 17.9. The molecule has 0 aliphatic carbocycles. The number of hydrogen-bond acceptors (Lipinski definition) is 7. The molecule has 0 saturated carbocycles. The number of carbonyl (C=O) groups is 1. The SMILES string of the molecule is COCC1CN(C(C)C)C(=O)c2c(O)c(=O)c(-c3nnc(Cc4ccc(F)cc4)s3)cn21. The van der Waals surface area contributed by atoms with Gasteiger partial charge in [-0.15, -0.1) is 10.2 Å². The van der Waals surface area contributed by atoms with E-state index in [0.29, 0.717) is 29.6 Å². The molecule has 168 valence electrons. The molecule has 1 N–H and O–H groups in total. The number of aromatic hydroxyl groups is 1. The molecule has 0 spiro atoms. The molecule has 2 aromatic heterocycles. The molecule has 0 radical (unpaired) electrons. The number of rotatable bonds is 6. The number of benzene rings is 1. The second kappa shape index (κ2) is 8.79. The molecular formula is C22H23FN4O4S. The number of pyridine rings is 1. The Morgan fingerprint density at radius 2 is 1.97 bits per heavy atom. The summed E-state index contributed by atoms with van der Waals surface area (Å²) in [5, 5.41) is 20.0. The number of halogens is 1. The highest BCUT2D eigenvalue weighted by Crippen LogP contribution is 2.31. The van der Waals surface area contributed by atoms with E-state index in [1.54, 1.807) is 34.9 Å². The van der Waals surface area contributed by atoms with Crippen LogP contribution in [0.2, 0.25) is 0 Å². The van der Waals surface area contributed by atoms with E-state index in [9.17, 15) is 19.1 Å². The van der Waals surface area contributed by atoms with Crippen molar-refractivity contribution >= 4 is 17.2 Å². The predicted molar refractivity (Wildman–Crippen MR) is 118 cm³/mol. The van der Waals surface area contributed by atoms with Gasteiger partial charge in [-0.05, 0) is 31.5 Å². The van der Waals surface area contributed by atoms with Gasteiger partial charge in [0.15, 0.2) is 16.5 Å². The van der Waals surface area contributed by atoms with Crippen LogP contribution in [0, 0.1) is 5.82 Å². The van der Waals surface area contributed by atoms with Crippen LogP contribution < -0.4 is 5.43 Å². The van der Waals surface area contributed by atoms with Crippen LogP contribution in [0.1, 0.15) is 40.9 Å². The Hall–Kier alpha value is -3.11. The summed E-state index contributed by atoms with van der Waals surface area (Å²) in [6.07, 6.45) is 1.99. The molecule has 8 nitrogen and oxygen atoms in total. The number of hydrogen-bond donors (Lipinski definition) is 1.